The van der Waals surface area contributed by atoms with Gasteiger partial charge in [-0.05, 0) is 42.1 Å². The van der Waals surface area contributed by atoms with Gasteiger partial charge < -0.3 is 19.0 Å². The molecule has 4 rings (SSSR count). The number of nitrogens with zero attached hydrogens (tertiary/aromatic N) is 1. The van der Waals surface area contributed by atoms with Crippen LogP contribution in [-0.2, 0) is 22.3 Å². The summed E-state index contributed by atoms with van der Waals surface area (Å²) in [6.45, 7) is 2.24. The summed E-state index contributed by atoms with van der Waals surface area (Å²) < 4.78 is 33.9. The highest BCUT2D eigenvalue weighted by Gasteiger charge is 2.19. The van der Waals surface area contributed by atoms with Crippen LogP contribution in [0.5, 0.6) is 5.75 Å². The number of methoxy groups -OCH3 is 1. The molecule has 0 radical (unpaired) electrons. The minimum atomic E-state index is -2.40. The van der Waals surface area contributed by atoms with Crippen molar-refractivity contribution in [1.29, 1.82) is 0 Å². The van der Waals surface area contributed by atoms with Crippen molar-refractivity contribution in [3.63, 3.8) is 0 Å². The van der Waals surface area contributed by atoms with Crippen LogP contribution in [-0.4, -0.2) is 35.9 Å². The molecule has 0 aliphatic rings. The molecule has 0 saturated carbocycles. The molecule has 2 heterocycles. The summed E-state index contributed by atoms with van der Waals surface area (Å²) in [6, 6.07) is 14.9. The number of ether oxygens (including phenoxy) is 2. The van der Waals surface area contributed by atoms with Gasteiger partial charge in [0, 0.05) is 36.9 Å². The summed E-state index contributed by atoms with van der Waals surface area (Å²) in [5.74, 6) is 0.429. The van der Waals surface area contributed by atoms with E-state index in [0.29, 0.717) is 34.9 Å². The molecule has 0 saturated heterocycles. The van der Waals surface area contributed by atoms with Gasteiger partial charge in [0.1, 0.15) is 11.5 Å². The smallest absolute Gasteiger partial charge is 0.333 e. The molecule has 6 nitrogen and oxygen atoms in total. The van der Waals surface area contributed by atoms with E-state index < -0.39 is 18.4 Å². The molecule has 0 spiro atoms. The molecule has 0 amide bonds. The molecule has 31 heavy (non-hydrogen) atoms. The molecule has 2 atom stereocenters. The number of aliphatic carboxylic acids is 1. The molecule has 1 unspecified atom stereocenters. The summed E-state index contributed by atoms with van der Waals surface area (Å²) >= 11 is 1.37. The minimum absolute atomic E-state index is 0.367. The number of hydrogen-bond acceptors (Lipinski definition) is 6. The summed E-state index contributed by atoms with van der Waals surface area (Å²) in [5.41, 5.74) is 2.14. The number of carbonyl (C=O) groups is 1. The van der Waals surface area contributed by atoms with E-state index in [9.17, 15) is 9.90 Å². The third-order valence-corrected chi connectivity index (χ3v) is 5.80. The molecule has 2 aromatic carbocycles. The van der Waals surface area contributed by atoms with Crippen molar-refractivity contribution in [2.75, 3.05) is 13.7 Å². The first kappa shape index (κ1) is 18.6. The van der Waals surface area contributed by atoms with Crippen LogP contribution in [0.1, 0.15) is 19.8 Å². The topological polar surface area (TPSA) is 81.8 Å². The molecular formula is C24H23NO5S. The number of hydrogen-bond donors (Lipinski definition) is 1. The zero-order valence-corrected chi connectivity index (χ0v) is 17.9. The van der Waals surface area contributed by atoms with E-state index in [1.54, 1.807) is 12.1 Å². The van der Waals surface area contributed by atoms with Gasteiger partial charge in [0.05, 0.1) is 13.7 Å². The van der Waals surface area contributed by atoms with Crippen molar-refractivity contribution < 1.29 is 26.5 Å². The molecular weight excluding hydrogens is 414 g/mol. The third-order valence-electron chi connectivity index (χ3n) is 4.83. The van der Waals surface area contributed by atoms with E-state index in [1.807, 2.05) is 48.7 Å². The Bertz CT molecular complexity index is 1270. The van der Waals surface area contributed by atoms with Crippen LogP contribution in [0.15, 0.2) is 58.3 Å². The normalized spacial score (nSPS) is 15.2. The van der Waals surface area contributed by atoms with Gasteiger partial charge in [0.2, 0.25) is 5.89 Å². The number of rotatable bonds is 9. The Kier molecular flexibility index (Phi) is 5.59. The van der Waals surface area contributed by atoms with E-state index in [4.69, 9.17) is 16.6 Å². The van der Waals surface area contributed by atoms with Crippen LogP contribution in [0.25, 0.3) is 21.5 Å². The summed E-state index contributed by atoms with van der Waals surface area (Å²) in [5, 5.41) is 12.0. The number of benzene rings is 2. The Morgan fingerprint density at radius 1 is 1.29 bits per heavy atom. The number of carboxylic acids is 1. The second-order valence-electron chi connectivity index (χ2n) is 6.82. The van der Waals surface area contributed by atoms with Gasteiger partial charge >= 0.3 is 5.97 Å². The van der Waals surface area contributed by atoms with Crippen LogP contribution in [0.3, 0.4) is 0 Å². The Hall–Kier alpha value is -3.16. The van der Waals surface area contributed by atoms with Crippen molar-refractivity contribution >= 4 is 27.4 Å². The molecule has 0 aliphatic carbocycles. The predicted octanol–water partition coefficient (Wildman–Crippen LogP) is 5.13. The van der Waals surface area contributed by atoms with Gasteiger partial charge in [-0.25, -0.2) is 9.78 Å². The van der Waals surface area contributed by atoms with Crippen molar-refractivity contribution in [3.8, 4) is 17.2 Å². The molecule has 4 aromatic rings. The molecule has 0 aliphatic heterocycles. The SMILES string of the molecule is [2H][C@@H](c1ccc(OCCc2nc(-c3ccccc3)oc2C)c2ccsc12)C([2H])(OC)C(=O)O. The predicted molar refractivity (Wildman–Crippen MR) is 120 cm³/mol. The first-order valence-electron chi connectivity index (χ1n) is 10.8. The molecule has 1 N–H and O–H groups in total. The maximum Gasteiger partial charge on any atom is 0.333 e. The van der Waals surface area contributed by atoms with Crippen LogP contribution < -0.4 is 4.74 Å². The third kappa shape index (κ3) is 4.62. The fourth-order valence-electron chi connectivity index (χ4n) is 3.27. The molecule has 160 valence electrons. The fourth-order valence-corrected chi connectivity index (χ4v) is 4.17. The van der Waals surface area contributed by atoms with Gasteiger partial charge in [0.15, 0.2) is 6.08 Å². The lowest BCUT2D eigenvalue weighted by Crippen LogP contribution is -2.24. The van der Waals surface area contributed by atoms with Crippen LogP contribution in [0, 0.1) is 6.92 Å². The Morgan fingerprint density at radius 3 is 2.84 bits per heavy atom. The fraction of sp³-hybridized carbons (Fsp3) is 0.250. The standard InChI is InChI=1S/C24H23NO5S/c1-15-19(25-23(30-15)16-6-4-3-5-7-16)10-12-29-20-9-8-17(14-21(28-2)24(26)27)22-18(20)11-13-31-22/h3-9,11,13,21H,10,12,14H2,1-2H3,(H,26,27)/i14D,21D/t14-,21?/m0/s1. The van der Waals surface area contributed by atoms with Crippen LogP contribution in [0.2, 0.25) is 0 Å². The minimum Gasteiger partial charge on any atom is -0.493 e. The molecule has 7 heteroatoms. The molecule has 0 fully saturated rings. The zero-order valence-electron chi connectivity index (χ0n) is 19.1. The van der Waals surface area contributed by atoms with Crippen LogP contribution in [0.4, 0.5) is 0 Å². The number of aryl methyl sites for hydroxylation is 1. The maximum atomic E-state index is 11.5. The largest absolute Gasteiger partial charge is 0.493 e. The van der Waals surface area contributed by atoms with E-state index in [1.165, 1.54) is 11.3 Å². The number of fused-ring (bicyclic) bond motifs is 1. The quantitative estimate of drug-likeness (QED) is 0.389. The average molecular weight is 440 g/mol. The number of thiophene rings is 1. The number of carboxylic acid groups (broad SMARTS) is 1. The second-order valence-corrected chi connectivity index (χ2v) is 7.74. The molecule has 2 aromatic heterocycles. The van der Waals surface area contributed by atoms with E-state index >= 15 is 0 Å². The highest BCUT2D eigenvalue weighted by molar-refractivity contribution is 7.17. The monoisotopic (exact) mass is 439 g/mol. The van der Waals surface area contributed by atoms with Crippen molar-refractivity contribution in [3.05, 3.63) is 70.9 Å². The van der Waals surface area contributed by atoms with Gasteiger partial charge in [-0.15, -0.1) is 11.3 Å². The van der Waals surface area contributed by atoms with Crippen molar-refractivity contribution in [1.82, 2.24) is 4.98 Å². The lowest BCUT2D eigenvalue weighted by molar-refractivity contribution is -0.148. The van der Waals surface area contributed by atoms with E-state index in [-0.39, 0.29) is 0 Å². The van der Waals surface area contributed by atoms with Gasteiger partial charge in [-0.2, -0.15) is 0 Å². The lowest BCUT2D eigenvalue weighted by atomic mass is 10.1. The zero-order chi connectivity index (χ0) is 23.6. The van der Waals surface area contributed by atoms with Crippen molar-refractivity contribution in [2.24, 2.45) is 0 Å². The first-order valence-corrected chi connectivity index (χ1v) is 10.6. The summed E-state index contributed by atoms with van der Waals surface area (Å²) in [7, 11) is 1.13. The molecule has 0 bridgehead atoms. The van der Waals surface area contributed by atoms with Gasteiger partial charge in [-0.3, -0.25) is 0 Å². The Labute approximate surface area is 186 Å². The average Bonchev–Trinajstić information content (AvgIpc) is 3.46. The van der Waals surface area contributed by atoms with Gasteiger partial charge in [0.25, 0.3) is 0 Å². The lowest BCUT2D eigenvalue weighted by Gasteiger charge is -2.13. The van der Waals surface area contributed by atoms with E-state index in [2.05, 4.69) is 4.98 Å². The number of aromatic nitrogens is 1. The highest BCUT2D eigenvalue weighted by Crippen LogP contribution is 2.34. The Morgan fingerprint density at radius 2 is 2.10 bits per heavy atom. The van der Waals surface area contributed by atoms with Crippen LogP contribution >= 0.6 is 11.3 Å². The second kappa shape index (κ2) is 9.32. The highest BCUT2D eigenvalue weighted by atomic mass is 32.1. The summed E-state index contributed by atoms with van der Waals surface area (Å²) in [6.07, 6.45) is -3.28. The summed E-state index contributed by atoms with van der Waals surface area (Å²) in [4.78, 5) is 16.1. The number of oxazole rings is 1. The maximum absolute atomic E-state index is 11.5. The Balaban J connectivity index is 1.51. The van der Waals surface area contributed by atoms with Gasteiger partial charge in [-0.1, -0.05) is 24.3 Å². The first-order chi connectivity index (χ1) is 15.8. The van der Waals surface area contributed by atoms with E-state index in [0.717, 1.165) is 29.5 Å². The van der Waals surface area contributed by atoms with Crippen molar-refractivity contribution in [2.45, 2.75) is 25.8 Å².